The van der Waals surface area contributed by atoms with Crippen LogP contribution in [0.1, 0.15) is 46.1 Å². The molecule has 1 aliphatic rings. The third-order valence-electron chi connectivity index (χ3n) is 4.87. The van der Waals surface area contributed by atoms with Crippen LogP contribution in [0.15, 0.2) is 35.7 Å². The van der Waals surface area contributed by atoms with Crippen LogP contribution >= 0.6 is 11.3 Å². The Morgan fingerprint density at radius 1 is 1.25 bits per heavy atom. The van der Waals surface area contributed by atoms with Crippen molar-refractivity contribution >= 4 is 17.2 Å². The van der Waals surface area contributed by atoms with E-state index in [1.807, 2.05) is 5.38 Å². The summed E-state index contributed by atoms with van der Waals surface area (Å²) in [5.41, 5.74) is 3.45. The number of hydrogen-bond acceptors (Lipinski definition) is 3. The minimum atomic E-state index is 0.109. The van der Waals surface area contributed by atoms with Gasteiger partial charge in [0.25, 0.3) is 5.91 Å². The highest BCUT2D eigenvalue weighted by atomic mass is 32.1. The summed E-state index contributed by atoms with van der Waals surface area (Å²) < 4.78 is 0. The molecule has 1 amide bonds. The molecule has 3 rings (SSSR count). The molecule has 0 bridgehead atoms. The fourth-order valence-corrected chi connectivity index (χ4v) is 4.39. The SMILES string of the molecule is CCc1c(C(=O)NC2CCN(Cc3ccccc3)CC2)csc1C. The number of carbonyl (C=O) groups is 1. The molecule has 1 aliphatic heterocycles. The number of nitrogens with one attached hydrogen (secondary N) is 1. The van der Waals surface area contributed by atoms with Gasteiger partial charge in [-0.05, 0) is 37.3 Å². The van der Waals surface area contributed by atoms with E-state index in [9.17, 15) is 4.79 Å². The fourth-order valence-electron chi connectivity index (χ4n) is 3.45. The first-order valence-corrected chi connectivity index (χ1v) is 9.69. The summed E-state index contributed by atoms with van der Waals surface area (Å²) in [6, 6.07) is 10.9. The van der Waals surface area contributed by atoms with Crippen molar-refractivity contribution in [3.8, 4) is 0 Å². The number of amides is 1. The van der Waals surface area contributed by atoms with Crippen molar-refractivity contribution in [3.63, 3.8) is 0 Å². The van der Waals surface area contributed by atoms with E-state index >= 15 is 0 Å². The van der Waals surface area contributed by atoms with Gasteiger partial charge in [-0.15, -0.1) is 11.3 Å². The number of benzene rings is 1. The second-order valence-electron chi connectivity index (χ2n) is 6.55. The maximum Gasteiger partial charge on any atom is 0.252 e. The molecule has 0 aliphatic carbocycles. The Morgan fingerprint density at radius 2 is 1.96 bits per heavy atom. The van der Waals surface area contributed by atoms with E-state index in [0.29, 0.717) is 6.04 Å². The predicted molar refractivity (Wildman–Crippen MR) is 101 cm³/mol. The molecule has 2 heterocycles. The number of piperidine rings is 1. The van der Waals surface area contributed by atoms with Gasteiger partial charge in [0, 0.05) is 35.9 Å². The molecular formula is C20H26N2OS. The van der Waals surface area contributed by atoms with E-state index in [1.54, 1.807) is 11.3 Å². The first-order chi connectivity index (χ1) is 11.7. The molecule has 1 saturated heterocycles. The minimum absolute atomic E-state index is 0.109. The number of nitrogens with zero attached hydrogens (tertiary/aromatic N) is 1. The molecule has 3 nitrogen and oxygen atoms in total. The Balaban J connectivity index is 1.51. The van der Waals surface area contributed by atoms with Crippen molar-refractivity contribution in [1.82, 2.24) is 10.2 Å². The summed E-state index contributed by atoms with van der Waals surface area (Å²) in [5, 5.41) is 5.26. The second-order valence-corrected chi connectivity index (χ2v) is 7.63. The topological polar surface area (TPSA) is 32.3 Å². The highest BCUT2D eigenvalue weighted by Crippen LogP contribution is 2.23. The molecule has 24 heavy (non-hydrogen) atoms. The summed E-state index contributed by atoms with van der Waals surface area (Å²) in [4.78, 5) is 16.3. The van der Waals surface area contributed by atoms with E-state index in [4.69, 9.17) is 0 Å². The molecule has 2 aromatic rings. The van der Waals surface area contributed by atoms with Crippen LogP contribution in [0.3, 0.4) is 0 Å². The first kappa shape index (κ1) is 17.2. The van der Waals surface area contributed by atoms with Crippen LogP contribution in [0.4, 0.5) is 0 Å². The maximum atomic E-state index is 12.6. The molecule has 1 N–H and O–H groups in total. The average Bonchev–Trinajstić information content (AvgIpc) is 2.98. The van der Waals surface area contributed by atoms with Crippen LogP contribution in [0.25, 0.3) is 0 Å². The lowest BCUT2D eigenvalue weighted by molar-refractivity contribution is 0.0908. The van der Waals surface area contributed by atoms with Crippen LogP contribution in [-0.2, 0) is 13.0 Å². The van der Waals surface area contributed by atoms with Gasteiger partial charge in [-0.1, -0.05) is 37.3 Å². The lowest BCUT2D eigenvalue weighted by Crippen LogP contribution is -2.44. The molecule has 1 aromatic heterocycles. The van der Waals surface area contributed by atoms with Crippen molar-refractivity contribution in [3.05, 3.63) is 57.3 Å². The van der Waals surface area contributed by atoms with Crippen molar-refractivity contribution < 1.29 is 4.79 Å². The van der Waals surface area contributed by atoms with Gasteiger partial charge >= 0.3 is 0 Å². The standard InChI is InChI=1S/C20H26N2OS/c1-3-18-15(2)24-14-19(18)20(23)21-17-9-11-22(12-10-17)13-16-7-5-4-6-8-16/h4-8,14,17H,3,9-13H2,1-2H3,(H,21,23). The molecular weight excluding hydrogens is 316 g/mol. The summed E-state index contributed by atoms with van der Waals surface area (Å²) in [7, 11) is 0. The molecule has 128 valence electrons. The van der Waals surface area contributed by atoms with Crippen LogP contribution in [0.5, 0.6) is 0 Å². The van der Waals surface area contributed by atoms with E-state index in [1.165, 1.54) is 16.0 Å². The predicted octanol–water partition coefficient (Wildman–Crippen LogP) is 4.01. The number of likely N-dealkylation sites (tertiary alicyclic amines) is 1. The van der Waals surface area contributed by atoms with Gasteiger partial charge in [-0.3, -0.25) is 9.69 Å². The molecule has 4 heteroatoms. The van der Waals surface area contributed by atoms with Gasteiger partial charge in [0.2, 0.25) is 0 Å². The van der Waals surface area contributed by atoms with Gasteiger partial charge in [0.15, 0.2) is 0 Å². The number of aryl methyl sites for hydroxylation is 1. The Morgan fingerprint density at radius 3 is 2.62 bits per heavy atom. The largest absolute Gasteiger partial charge is 0.349 e. The lowest BCUT2D eigenvalue weighted by atomic mass is 10.0. The number of hydrogen-bond donors (Lipinski definition) is 1. The summed E-state index contributed by atoms with van der Waals surface area (Å²) in [6.45, 7) is 7.31. The number of thiophene rings is 1. The van der Waals surface area contributed by atoms with Gasteiger partial charge < -0.3 is 5.32 Å². The lowest BCUT2D eigenvalue weighted by Gasteiger charge is -2.32. The maximum absolute atomic E-state index is 12.6. The smallest absolute Gasteiger partial charge is 0.252 e. The molecule has 1 aromatic carbocycles. The first-order valence-electron chi connectivity index (χ1n) is 8.81. The Hall–Kier alpha value is -1.65. The van der Waals surface area contributed by atoms with E-state index < -0.39 is 0 Å². The molecule has 0 unspecified atom stereocenters. The van der Waals surface area contributed by atoms with Crippen molar-refractivity contribution in [2.24, 2.45) is 0 Å². The van der Waals surface area contributed by atoms with Crippen LogP contribution in [0, 0.1) is 6.92 Å². The van der Waals surface area contributed by atoms with Gasteiger partial charge in [-0.2, -0.15) is 0 Å². The molecule has 0 atom stereocenters. The van der Waals surface area contributed by atoms with Crippen LogP contribution in [-0.4, -0.2) is 29.9 Å². The molecule has 0 spiro atoms. The Bertz CT molecular complexity index is 672. The van der Waals surface area contributed by atoms with Gasteiger partial charge in [-0.25, -0.2) is 0 Å². The zero-order chi connectivity index (χ0) is 16.9. The third kappa shape index (κ3) is 4.05. The van der Waals surface area contributed by atoms with E-state index in [-0.39, 0.29) is 5.91 Å². The van der Waals surface area contributed by atoms with Gasteiger partial charge in [0.1, 0.15) is 0 Å². The number of rotatable bonds is 5. The zero-order valence-corrected chi connectivity index (χ0v) is 15.4. The normalized spacial score (nSPS) is 16.2. The van der Waals surface area contributed by atoms with Crippen LogP contribution in [0.2, 0.25) is 0 Å². The van der Waals surface area contributed by atoms with E-state index in [2.05, 4.69) is 54.4 Å². The molecule has 0 saturated carbocycles. The Kier molecular flexibility index (Phi) is 5.69. The quantitative estimate of drug-likeness (QED) is 0.890. The minimum Gasteiger partial charge on any atom is -0.349 e. The highest BCUT2D eigenvalue weighted by Gasteiger charge is 2.22. The fraction of sp³-hybridized carbons (Fsp3) is 0.450. The van der Waals surface area contributed by atoms with Crippen molar-refractivity contribution in [1.29, 1.82) is 0 Å². The molecule has 0 radical (unpaired) electrons. The highest BCUT2D eigenvalue weighted by molar-refractivity contribution is 7.10. The second kappa shape index (κ2) is 7.95. The van der Waals surface area contributed by atoms with E-state index in [0.717, 1.165) is 44.5 Å². The number of carbonyl (C=O) groups excluding carboxylic acids is 1. The Labute approximate surface area is 148 Å². The average molecular weight is 343 g/mol. The third-order valence-corrected chi connectivity index (χ3v) is 5.83. The summed E-state index contributed by atoms with van der Waals surface area (Å²) in [6.07, 6.45) is 2.99. The van der Waals surface area contributed by atoms with Crippen LogP contribution < -0.4 is 5.32 Å². The molecule has 1 fully saturated rings. The zero-order valence-electron chi connectivity index (χ0n) is 14.5. The van der Waals surface area contributed by atoms with Crippen molar-refractivity contribution in [2.75, 3.05) is 13.1 Å². The van der Waals surface area contributed by atoms with Crippen molar-refractivity contribution in [2.45, 2.75) is 45.7 Å². The van der Waals surface area contributed by atoms with Gasteiger partial charge in [0.05, 0.1) is 5.56 Å². The summed E-state index contributed by atoms with van der Waals surface area (Å²) >= 11 is 1.68. The summed E-state index contributed by atoms with van der Waals surface area (Å²) in [5.74, 6) is 0.109. The monoisotopic (exact) mass is 342 g/mol.